The van der Waals surface area contributed by atoms with Crippen LogP contribution in [0.15, 0.2) is 18.2 Å². The van der Waals surface area contributed by atoms with Gasteiger partial charge in [-0.05, 0) is 6.07 Å². The Morgan fingerprint density at radius 2 is 2.27 bits per heavy atom. The molecule has 0 aliphatic carbocycles. The lowest BCUT2D eigenvalue weighted by Crippen LogP contribution is -2.11. The van der Waals surface area contributed by atoms with Gasteiger partial charge in [-0.1, -0.05) is 12.1 Å². The Bertz CT molecular complexity index is 365. The van der Waals surface area contributed by atoms with Crippen LogP contribution in [0, 0.1) is 17.1 Å². The number of para-hydroxylation sites is 1. The van der Waals surface area contributed by atoms with Gasteiger partial charge in [-0.2, -0.15) is 5.26 Å². The van der Waals surface area contributed by atoms with E-state index >= 15 is 0 Å². The zero-order valence-electron chi connectivity index (χ0n) is 8.24. The SMILES string of the molecule is COc1c(F)cccc1[C@H](N)CC#N.Cl. The Labute approximate surface area is 94.1 Å². The lowest BCUT2D eigenvalue weighted by atomic mass is 10.0. The Morgan fingerprint density at radius 1 is 1.60 bits per heavy atom. The number of hydrogen-bond donors (Lipinski definition) is 1. The molecule has 0 fully saturated rings. The van der Waals surface area contributed by atoms with Gasteiger partial charge in [0.15, 0.2) is 11.6 Å². The van der Waals surface area contributed by atoms with Crippen molar-refractivity contribution in [3.8, 4) is 11.8 Å². The third-order valence-electron chi connectivity index (χ3n) is 1.91. The first kappa shape index (κ1) is 13.7. The van der Waals surface area contributed by atoms with Crippen molar-refractivity contribution in [1.29, 1.82) is 5.26 Å². The van der Waals surface area contributed by atoms with Gasteiger partial charge in [0.2, 0.25) is 0 Å². The van der Waals surface area contributed by atoms with E-state index in [0.29, 0.717) is 5.56 Å². The molecular formula is C10H12ClFN2O. The minimum absolute atomic E-state index is 0. The molecule has 0 saturated heterocycles. The maximum absolute atomic E-state index is 13.2. The summed E-state index contributed by atoms with van der Waals surface area (Å²) in [4.78, 5) is 0. The van der Waals surface area contributed by atoms with Gasteiger partial charge in [0, 0.05) is 11.6 Å². The average Bonchev–Trinajstić information content (AvgIpc) is 2.17. The van der Waals surface area contributed by atoms with Gasteiger partial charge in [0.05, 0.1) is 19.6 Å². The number of benzene rings is 1. The molecule has 0 bridgehead atoms. The van der Waals surface area contributed by atoms with Crippen LogP contribution in [0.25, 0.3) is 0 Å². The van der Waals surface area contributed by atoms with Gasteiger partial charge >= 0.3 is 0 Å². The van der Waals surface area contributed by atoms with Gasteiger partial charge in [-0.25, -0.2) is 4.39 Å². The van der Waals surface area contributed by atoms with Crippen LogP contribution >= 0.6 is 12.4 Å². The van der Waals surface area contributed by atoms with Crippen molar-refractivity contribution in [2.45, 2.75) is 12.5 Å². The van der Waals surface area contributed by atoms with Gasteiger partial charge in [-0.15, -0.1) is 12.4 Å². The molecule has 2 N–H and O–H groups in total. The first-order valence-electron chi connectivity index (χ1n) is 4.15. The van der Waals surface area contributed by atoms with Gasteiger partial charge in [0.1, 0.15) is 0 Å². The van der Waals surface area contributed by atoms with E-state index < -0.39 is 11.9 Å². The molecule has 1 rings (SSSR count). The maximum Gasteiger partial charge on any atom is 0.165 e. The minimum Gasteiger partial charge on any atom is -0.493 e. The highest BCUT2D eigenvalue weighted by molar-refractivity contribution is 5.85. The fourth-order valence-corrected chi connectivity index (χ4v) is 1.24. The van der Waals surface area contributed by atoms with E-state index in [1.807, 2.05) is 6.07 Å². The third kappa shape index (κ3) is 3.08. The molecular weight excluding hydrogens is 219 g/mol. The summed E-state index contributed by atoms with van der Waals surface area (Å²) < 4.78 is 18.1. The smallest absolute Gasteiger partial charge is 0.165 e. The molecule has 1 atom stereocenters. The number of ether oxygens (including phenoxy) is 1. The van der Waals surface area contributed by atoms with Crippen LogP contribution in [0.1, 0.15) is 18.0 Å². The summed E-state index contributed by atoms with van der Waals surface area (Å²) in [5.74, 6) is -0.339. The first-order valence-corrected chi connectivity index (χ1v) is 4.15. The number of hydrogen-bond acceptors (Lipinski definition) is 3. The van der Waals surface area contributed by atoms with E-state index in [4.69, 9.17) is 15.7 Å². The highest BCUT2D eigenvalue weighted by Gasteiger charge is 2.14. The minimum atomic E-state index is -0.509. The lowest BCUT2D eigenvalue weighted by molar-refractivity contribution is 0.378. The molecule has 0 unspecified atom stereocenters. The van der Waals surface area contributed by atoms with Crippen LogP contribution < -0.4 is 10.5 Å². The number of nitrogens with two attached hydrogens (primary N) is 1. The highest BCUT2D eigenvalue weighted by Crippen LogP contribution is 2.27. The van der Waals surface area contributed by atoms with Gasteiger partial charge in [-0.3, -0.25) is 0 Å². The molecule has 0 radical (unpaired) electrons. The van der Waals surface area contributed by atoms with Crippen LogP contribution in [0.2, 0.25) is 0 Å². The molecule has 0 spiro atoms. The standard InChI is InChI=1S/C10H11FN2O.ClH/c1-14-10-7(9(13)5-6-12)3-2-4-8(10)11;/h2-4,9H,5,13H2,1H3;1H/t9-;/m1./s1. The van der Waals surface area contributed by atoms with Gasteiger partial charge in [0.25, 0.3) is 0 Å². The van der Waals surface area contributed by atoms with E-state index in [-0.39, 0.29) is 24.6 Å². The van der Waals surface area contributed by atoms with Crippen LogP contribution in [0.3, 0.4) is 0 Å². The van der Waals surface area contributed by atoms with Crippen molar-refractivity contribution >= 4 is 12.4 Å². The second kappa shape index (κ2) is 6.23. The number of nitrogens with zero attached hydrogens (tertiary/aromatic N) is 1. The van der Waals surface area contributed by atoms with E-state index in [9.17, 15) is 4.39 Å². The normalized spacial score (nSPS) is 11.1. The second-order valence-electron chi connectivity index (χ2n) is 2.83. The summed E-state index contributed by atoms with van der Waals surface area (Å²) in [6.07, 6.45) is 0.139. The van der Waals surface area contributed by atoms with Crippen molar-refractivity contribution in [2.75, 3.05) is 7.11 Å². The van der Waals surface area contributed by atoms with Crippen LogP contribution in [-0.4, -0.2) is 7.11 Å². The summed E-state index contributed by atoms with van der Waals surface area (Å²) in [5.41, 5.74) is 6.20. The van der Waals surface area contributed by atoms with Crippen LogP contribution in [-0.2, 0) is 0 Å². The third-order valence-corrected chi connectivity index (χ3v) is 1.91. The topological polar surface area (TPSA) is 59.0 Å². The molecule has 0 aromatic heterocycles. The van der Waals surface area contributed by atoms with E-state index in [0.717, 1.165) is 0 Å². The van der Waals surface area contributed by atoms with E-state index in [1.54, 1.807) is 12.1 Å². The molecule has 0 amide bonds. The summed E-state index contributed by atoms with van der Waals surface area (Å²) in [5, 5.41) is 8.47. The summed E-state index contributed by atoms with van der Waals surface area (Å²) >= 11 is 0. The number of halogens is 2. The largest absolute Gasteiger partial charge is 0.493 e. The zero-order valence-corrected chi connectivity index (χ0v) is 9.05. The molecule has 1 aromatic carbocycles. The van der Waals surface area contributed by atoms with Crippen LogP contribution in [0.5, 0.6) is 5.75 Å². The fraction of sp³-hybridized carbons (Fsp3) is 0.300. The average molecular weight is 231 g/mol. The monoisotopic (exact) mass is 230 g/mol. The maximum atomic E-state index is 13.2. The zero-order chi connectivity index (χ0) is 10.6. The number of methoxy groups -OCH3 is 1. The number of nitriles is 1. The second-order valence-corrected chi connectivity index (χ2v) is 2.83. The molecule has 0 saturated carbocycles. The van der Waals surface area contributed by atoms with Crippen molar-refractivity contribution in [2.24, 2.45) is 5.73 Å². The lowest BCUT2D eigenvalue weighted by Gasteiger charge is -2.13. The summed E-state index contributed by atoms with van der Waals surface area (Å²) in [6, 6.07) is 5.92. The van der Waals surface area contributed by atoms with E-state index in [2.05, 4.69) is 0 Å². The predicted octanol–water partition coefficient (Wildman–Crippen LogP) is 2.17. The predicted molar refractivity (Wildman–Crippen MR) is 57.4 cm³/mol. The summed E-state index contributed by atoms with van der Waals surface area (Å²) in [7, 11) is 1.38. The van der Waals surface area contributed by atoms with E-state index in [1.165, 1.54) is 13.2 Å². The molecule has 3 nitrogen and oxygen atoms in total. The number of rotatable bonds is 3. The van der Waals surface area contributed by atoms with Gasteiger partial charge < -0.3 is 10.5 Å². The molecule has 82 valence electrons. The van der Waals surface area contributed by atoms with Crippen molar-refractivity contribution in [3.05, 3.63) is 29.6 Å². The Kier molecular flexibility index (Phi) is 5.68. The quantitative estimate of drug-likeness (QED) is 0.866. The molecule has 0 heterocycles. The Hall–Kier alpha value is -1.31. The van der Waals surface area contributed by atoms with Crippen molar-refractivity contribution in [1.82, 2.24) is 0 Å². The molecule has 5 heteroatoms. The first-order chi connectivity index (χ1) is 6.70. The van der Waals surface area contributed by atoms with Crippen LogP contribution in [0.4, 0.5) is 4.39 Å². The van der Waals surface area contributed by atoms with Crippen molar-refractivity contribution < 1.29 is 9.13 Å². The highest BCUT2D eigenvalue weighted by atomic mass is 35.5. The van der Waals surface area contributed by atoms with Crippen molar-refractivity contribution in [3.63, 3.8) is 0 Å². The Morgan fingerprint density at radius 3 is 2.80 bits per heavy atom. The molecule has 1 aromatic rings. The summed E-state index contributed by atoms with van der Waals surface area (Å²) in [6.45, 7) is 0. The Balaban J connectivity index is 0.00000196. The molecule has 0 aliphatic rings. The molecule has 0 aliphatic heterocycles. The fourth-order valence-electron chi connectivity index (χ4n) is 1.24. The molecule has 15 heavy (non-hydrogen) atoms.